The van der Waals surface area contributed by atoms with Crippen molar-refractivity contribution in [3.63, 3.8) is 0 Å². The van der Waals surface area contributed by atoms with Crippen molar-refractivity contribution in [3.05, 3.63) is 0 Å². The minimum Gasteiger partial charge on any atom is -0.444 e. The van der Waals surface area contributed by atoms with Crippen molar-refractivity contribution < 1.29 is 14.3 Å². The number of alkyl carbamates (subject to hydrolysis) is 1. The molecule has 0 aromatic heterocycles. The highest BCUT2D eigenvalue weighted by Gasteiger charge is 2.17. The molecule has 0 saturated carbocycles. The number of nitrogens with one attached hydrogen (secondary N) is 2. The Kier molecular flexibility index (Phi) is 5.43. The second-order valence-corrected chi connectivity index (χ2v) is 4.34. The summed E-state index contributed by atoms with van der Waals surface area (Å²) in [7, 11) is 0. The number of hydrogen-bond donors (Lipinski definition) is 2. The van der Waals surface area contributed by atoms with Crippen molar-refractivity contribution in [2.24, 2.45) is 0 Å². The summed E-state index contributed by atoms with van der Waals surface area (Å²) < 4.78 is 4.99. The molecule has 1 unspecified atom stereocenters. The minimum absolute atomic E-state index is 0.139. The Labute approximate surface area is 94.5 Å². The van der Waals surface area contributed by atoms with E-state index in [0.717, 1.165) is 0 Å². The first-order valence-electron chi connectivity index (χ1n) is 4.59. The molecule has 0 aliphatic carbocycles. The smallest absolute Gasteiger partial charge is 0.409 e. The van der Waals surface area contributed by atoms with Gasteiger partial charge in [0.25, 0.3) is 0 Å². The molecule has 0 aromatic carbocycles. The van der Waals surface area contributed by atoms with E-state index in [1.54, 1.807) is 27.7 Å². The van der Waals surface area contributed by atoms with Crippen molar-refractivity contribution >= 4 is 23.6 Å². The molecule has 0 aliphatic heterocycles. The van der Waals surface area contributed by atoms with Gasteiger partial charge in [-0.2, -0.15) is 0 Å². The summed E-state index contributed by atoms with van der Waals surface area (Å²) in [6.07, 6.45) is -1.09. The number of carbonyl (C=O) groups excluding carboxylic acids is 2. The molecule has 6 heteroatoms. The zero-order chi connectivity index (χ0) is 12.1. The first kappa shape index (κ1) is 14.0. The van der Waals surface area contributed by atoms with Gasteiger partial charge in [-0.15, -0.1) is 11.6 Å². The van der Waals surface area contributed by atoms with Gasteiger partial charge in [-0.1, -0.05) is 0 Å². The number of hydrogen-bond acceptors (Lipinski definition) is 3. The average Bonchev–Trinajstić information content (AvgIpc) is 1.99. The highest BCUT2D eigenvalue weighted by Crippen LogP contribution is 2.06. The molecule has 0 heterocycles. The van der Waals surface area contributed by atoms with Crippen LogP contribution in [0.4, 0.5) is 4.79 Å². The fourth-order valence-electron chi connectivity index (χ4n) is 0.800. The Morgan fingerprint density at radius 2 is 1.87 bits per heavy atom. The summed E-state index contributed by atoms with van der Waals surface area (Å²) in [5.74, 6) is -0.486. The van der Waals surface area contributed by atoms with Gasteiger partial charge in [0.2, 0.25) is 5.91 Å². The summed E-state index contributed by atoms with van der Waals surface area (Å²) in [5, 5.41) is 4.91. The summed E-state index contributed by atoms with van der Waals surface area (Å²) in [6, 6.07) is 0. The van der Waals surface area contributed by atoms with Crippen LogP contribution in [0.1, 0.15) is 27.7 Å². The van der Waals surface area contributed by atoms with Crippen molar-refractivity contribution in [2.75, 3.05) is 5.88 Å². The lowest BCUT2D eigenvalue weighted by atomic mass is 10.2. The maximum atomic E-state index is 11.2. The van der Waals surface area contributed by atoms with E-state index in [1.165, 1.54) is 0 Å². The van der Waals surface area contributed by atoms with Crippen LogP contribution in [0.15, 0.2) is 0 Å². The van der Waals surface area contributed by atoms with Crippen molar-refractivity contribution in [2.45, 2.75) is 39.5 Å². The lowest BCUT2D eigenvalue weighted by Gasteiger charge is -2.22. The molecule has 1 atom stereocenters. The lowest BCUT2D eigenvalue weighted by molar-refractivity contribution is -0.119. The van der Waals surface area contributed by atoms with Crippen molar-refractivity contribution in [1.82, 2.24) is 10.6 Å². The predicted octanol–water partition coefficient (Wildman–Crippen LogP) is 1.21. The third-order valence-electron chi connectivity index (χ3n) is 1.23. The summed E-state index contributed by atoms with van der Waals surface area (Å²) in [6.45, 7) is 6.89. The SMILES string of the molecule is CC(NC(=O)CCl)NC(=O)OC(C)(C)C. The molecule has 0 aliphatic rings. The Morgan fingerprint density at radius 3 is 2.27 bits per heavy atom. The van der Waals surface area contributed by atoms with Gasteiger partial charge in [0, 0.05) is 0 Å². The Hall–Kier alpha value is -0.970. The highest BCUT2D eigenvalue weighted by molar-refractivity contribution is 6.27. The Morgan fingerprint density at radius 1 is 1.33 bits per heavy atom. The minimum atomic E-state index is -0.579. The van der Waals surface area contributed by atoms with Crippen molar-refractivity contribution in [3.8, 4) is 0 Å². The molecule has 15 heavy (non-hydrogen) atoms. The molecular formula is C9H17ClN2O3. The molecule has 0 bridgehead atoms. The van der Waals surface area contributed by atoms with Crippen molar-refractivity contribution in [1.29, 1.82) is 0 Å². The molecule has 0 radical (unpaired) electrons. The number of ether oxygens (including phenoxy) is 1. The predicted molar refractivity (Wildman–Crippen MR) is 57.7 cm³/mol. The Bertz CT molecular complexity index is 238. The molecule has 5 nitrogen and oxygen atoms in total. The van der Waals surface area contributed by atoms with Gasteiger partial charge in [-0.05, 0) is 27.7 Å². The lowest BCUT2D eigenvalue weighted by Crippen LogP contribution is -2.47. The molecule has 0 rings (SSSR count). The quantitative estimate of drug-likeness (QED) is 0.572. The van der Waals surface area contributed by atoms with Crippen LogP contribution in [-0.2, 0) is 9.53 Å². The number of amides is 2. The third kappa shape index (κ3) is 8.05. The van der Waals surface area contributed by atoms with E-state index in [2.05, 4.69) is 10.6 Å². The highest BCUT2D eigenvalue weighted by atomic mass is 35.5. The van der Waals surface area contributed by atoms with Gasteiger partial charge in [0.05, 0.1) is 0 Å². The van der Waals surface area contributed by atoms with Gasteiger partial charge >= 0.3 is 6.09 Å². The van der Waals surface area contributed by atoms with Crippen LogP contribution >= 0.6 is 11.6 Å². The third-order valence-corrected chi connectivity index (χ3v) is 1.47. The van der Waals surface area contributed by atoms with Crippen LogP contribution in [-0.4, -0.2) is 29.6 Å². The van der Waals surface area contributed by atoms with E-state index in [1.807, 2.05) is 0 Å². The van der Waals surface area contributed by atoms with Crippen LogP contribution < -0.4 is 10.6 Å². The fraction of sp³-hybridized carbons (Fsp3) is 0.778. The standard InChI is InChI=1S/C9H17ClN2O3/c1-6(11-7(13)5-10)12-8(14)15-9(2,3)4/h6H,5H2,1-4H3,(H,11,13)(H,12,14). The molecule has 88 valence electrons. The summed E-state index contributed by atoms with van der Waals surface area (Å²) >= 11 is 5.28. The monoisotopic (exact) mass is 236 g/mol. The van der Waals surface area contributed by atoms with E-state index in [0.29, 0.717) is 0 Å². The second-order valence-electron chi connectivity index (χ2n) is 4.07. The van der Waals surface area contributed by atoms with E-state index in [4.69, 9.17) is 16.3 Å². The van der Waals surface area contributed by atoms with Gasteiger partial charge in [-0.25, -0.2) is 4.79 Å². The molecule has 0 spiro atoms. The van der Waals surface area contributed by atoms with Crippen LogP contribution in [0, 0.1) is 0 Å². The topological polar surface area (TPSA) is 67.4 Å². The number of alkyl halides is 1. The van der Waals surface area contributed by atoms with Crippen LogP contribution in [0.2, 0.25) is 0 Å². The maximum Gasteiger partial charge on any atom is 0.409 e. The first-order valence-corrected chi connectivity index (χ1v) is 5.13. The Balaban J connectivity index is 3.92. The van der Waals surface area contributed by atoms with E-state index >= 15 is 0 Å². The average molecular weight is 237 g/mol. The van der Waals surface area contributed by atoms with E-state index in [9.17, 15) is 9.59 Å². The summed E-state index contributed by atoms with van der Waals surface area (Å²) in [4.78, 5) is 22.1. The molecule has 0 saturated heterocycles. The number of halogens is 1. The molecule has 0 fully saturated rings. The second kappa shape index (κ2) is 5.80. The van der Waals surface area contributed by atoms with E-state index < -0.39 is 17.9 Å². The van der Waals surface area contributed by atoms with Gasteiger partial charge < -0.3 is 15.4 Å². The maximum absolute atomic E-state index is 11.2. The molecule has 2 amide bonds. The molecule has 2 N–H and O–H groups in total. The molecular weight excluding hydrogens is 220 g/mol. The van der Waals surface area contributed by atoms with Gasteiger partial charge in [-0.3, -0.25) is 4.79 Å². The molecule has 0 aromatic rings. The van der Waals surface area contributed by atoms with E-state index in [-0.39, 0.29) is 11.8 Å². The number of carbonyl (C=O) groups is 2. The summed E-state index contributed by atoms with van der Waals surface area (Å²) in [5.41, 5.74) is -0.555. The fourth-order valence-corrected chi connectivity index (χ4v) is 0.878. The number of rotatable bonds is 3. The van der Waals surface area contributed by atoms with Crippen LogP contribution in [0.5, 0.6) is 0 Å². The first-order chi connectivity index (χ1) is 6.74. The van der Waals surface area contributed by atoms with Gasteiger partial charge in [0.15, 0.2) is 0 Å². The zero-order valence-electron chi connectivity index (χ0n) is 9.39. The largest absolute Gasteiger partial charge is 0.444 e. The van der Waals surface area contributed by atoms with Crippen LogP contribution in [0.25, 0.3) is 0 Å². The zero-order valence-corrected chi connectivity index (χ0v) is 10.1. The van der Waals surface area contributed by atoms with Crippen LogP contribution in [0.3, 0.4) is 0 Å². The van der Waals surface area contributed by atoms with Gasteiger partial charge in [0.1, 0.15) is 17.6 Å². The normalized spacial score (nSPS) is 12.9.